The van der Waals surface area contributed by atoms with Crippen LogP contribution in [0.2, 0.25) is 0 Å². The van der Waals surface area contributed by atoms with Crippen LogP contribution in [0.3, 0.4) is 0 Å². The molecule has 1 aromatic carbocycles. The van der Waals surface area contributed by atoms with E-state index in [1.807, 2.05) is 0 Å². The van der Waals surface area contributed by atoms with Crippen LogP contribution in [0.15, 0.2) is 40.6 Å². The number of ether oxygens (including phenoxy) is 1. The minimum Gasteiger partial charge on any atom is -0.478 e. The largest absolute Gasteiger partial charge is 0.478 e. The molecule has 1 amide bonds. The van der Waals surface area contributed by atoms with Gasteiger partial charge in [0, 0.05) is 30.6 Å². The maximum absolute atomic E-state index is 12.8. The molecular formula is C19H20N2O6S2. The van der Waals surface area contributed by atoms with Crippen LogP contribution in [0, 0.1) is 0 Å². The Morgan fingerprint density at radius 2 is 1.79 bits per heavy atom. The van der Waals surface area contributed by atoms with Crippen molar-refractivity contribution in [2.45, 2.75) is 11.1 Å². The zero-order valence-corrected chi connectivity index (χ0v) is 17.3. The van der Waals surface area contributed by atoms with Crippen LogP contribution in [0.4, 0.5) is 5.69 Å². The SMILES string of the molecule is CC(=O)Nc1ccc(C=C(C(=O)O)c2ccc(S(=O)(=O)N3CCOCC3)s2)cc1. The Morgan fingerprint density at radius 1 is 1.14 bits per heavy atom. The average molecular weight is 437 g/mol. The van der Waals surface area contributed by atoms with E-state index in [-0.39, 0.29) is 28.8 Å². The Balaban J connectivity index is 1.87. The number of thiophene rings is 1. The zero-order valence-electron chi connectivity index (χ0n) is 15.6. The van der Waals surface area contributed by atoms with Gasteiger partial charge in [-0.2, -0.15) is 4.31 Å². The van der Waals surface area contributed by atoms with Gasteiger partial charge in [0.2, 0.25) is 5.91 Å². The van der Waals surface area contributed by atoms with Gasteiger partial charge in [0.1, 0.15) is 4.21 Å². The van der Waals surface area contributed by atoms with Crippen molar-refractivity contribution < 1.29 is 27.9 Å². The van der Waals surface area contributed by atoms with E-state index in [9.17, 15) is 23.1 Å². The van der Waals surface area contributed by atoms with E-state index in [1.165, 1.54) is 29.4 Å². The smallest absolute Gasteiger partial charge is 0.337 e. The van der Waals surface area contributed by atoms with Crippen molar-refractivity contribution >= 4 is 50.6 Å². The number of nitrogens with one attached hydrogen (secondary N) is 1. The van der Waals surface area contributed by atoms with Crippen LogP contribution < -0.4 is 5.32 Å². The third-order valence-corrected chi connectivity index (χ3v) is 7.67. The highest BCUT2D eigenvalue weighted by molar-refractivity contribution is 7.91. The molecule has 1 aliphatic rings. The highest BCUT2D eigenvalue weighted by Gasteiger charge is 2.28. The van der Waals surface area contributed by atoms with Gasteiger partial charge in [-0.15, -0.1) is 11.3 Å². The number of carboxylic acids is 1. The molecule has 1 aliphatic heterocycles. The van der Waals surface area contributed by atoms with E-state index in [0.717, 1.165) is 11.3 Å². The minimum atomic E-state index is -3.68. The second kappa shape index (κ2) is 8.87. The number of sulfonamides is 1. The summed E-state index contributed by atoms with van der Waals surface area (Å²) in [6.07, 6.45) is 1.47. The van der Waals surface area contributed by atoms with E-state index in [0.29, 0.717) is 29.3 Å². The maximum Gasteiger partial charge on any atom is 0.337 e. The number of carboxylic acid groups (broad SMARTS) is 1. The quantitative estimate of drug-likeness (QED) is 0.672. The van der Waals surface area contributed by atoms with E-state index < -0.39 is 16.0 Å². The molecule has 10 heteroatoms. The van der Waals surface area contributed by atoms with Crippen LogP contribution >= 0.6 is 11.3 Å². The molecule has 1 saturated heterocycles. The first-order valence-electron chi connectivity index (χ1n) is 8.78. The number of aliphatic carboxylic acids is 1. The number of rotatable bonds is 6. The number of hydrogen-bond acceptors (Lipinski definition) is 6. The van der Waals surface area contributed by atoms with Crippen molar-refractivity contribution in [3.05, 3.63) is 46.8 Å². The van der Waals surface area contributed by atoms with Gasteiger partial charge in [0.05, 0.1) is 18.8 Å². The number of morpholine rings is 1. The first-order chi connectivity index (χ1) is 13.8. The molecule has 0 aliphatic carbocycles. The Morgan fingerprint density at radius 3 is 2.38 bits per heavy atom. The summed E-state index contributed by atoms with van der Waals surface area (Å²) >= 11 is 0.924. The summed E-state index contributed by atoms with van der Waals surface area (Å²) in [7, 11) is -3.68. The number of anilines is 1. The fourth-order valence-corrected chi connectivity index (χ4v) is 5.66. The molecule has 0 atom stereocenters. The summed E-state index contributed by atoms with van der Waals surface area (Å²) < 4.78 is 32.1. The van der Waals surface area contributed by atoms with Crippen LogP contribution in [0.5, 0.6) is 0 Å². The molecular weight excluding hydrogens is 416 g/mol. The third-order valence-electron chi connectivity index (χ3n) is 4.18. The Bertz CT molecular complexity index is 1030. The summed E-state index contributed by atoms with van der Waals surface area (Å²) in [6, 6.07) is 9.61. The van der Waals surface area contributed by atoms with Crippen molar-refractivity contribution in [3.63, 3.8) is 0 Å². The van der Waals surface area contributed by atoms with Gasteiger partial charge in [-0.25, -0.2) is 13.2 Å². The molecule has 1 fully saturated rings. The van der Waals surface area contributed by atoms with Crippen molar-refractivity contribution in [2.24, 2.45) is 0 Å². The van der Waals surface area contributed by atoms with Crippen LogP contribution in [0.25, 0.3) is 11.6 Å². The summed E-state index contributed by atoms with van der Waals surface area (Å²) in [6.45, 7) is 2.63. The van der Waals surface area contributed by atoms with Crippen molar-refractivity contribution in [2.75, 3.05) is 31.6 Å². The lowest BCUT2D eigenvalue weighted by Gasteiger charge is -2.25. The highest BCUT2D eigenvalue weighted by Crippen LogP contribution is 2.31. The molecule has 0 bridgehead atoms. The highest BCUT2D eigenvalue weighted by atomic mass is 32.2. The standard InChI is InChI=1S/C19H20N2O6S2/c1-13(22)20-15-4-2-14(3-5-15)12-16(19(23)24)17-6-7-18(28-17)29(25,26)21-8-10-27-11-9-21/h2-7,12H,8-11H2,1H3,(H,20,22)(H,23,24). The van der Waals surface area contributed by atoms with Gasteiger partial charge in [-0.05, 0) is 35.9 Å². The fourth-order valence-electron chi connectivity index (χ4n) is 2.79. The van der Waals surface area contributed by atoms with E-state index >= 15 is 0 Å². The molecule has 1 aromatic heterocycles. The molecule has 0 radical (unpaired) electrons. The molecule has 8 nitrogen and oxygen atoms in total. The molecule has 2 N–H and O–H groups in total. The third kappa shape index (κ3) is 5.10. The molecule has 29 heavy (non-hydrogen) atoms. The number of carbonyl (C=O) groups is 2. The van der Waals surface area contributed by atoms with Crippen molar-refractivity contribution in [1.82, 2.24) is 4.31 Å². The number of carbonyl (C=O) groups excluding carboxylic acids is 1. The van der Waals surface area contributed by atoms with Crippen LogP contribution in [-0.2, 0) is 24.3 Å². The zero-order chi connectivity index (χ0) is 21.0. The summed E-state index contributed by atoms with van der Waals surface area (Å²) in [4.78, 5) is 23.2. The fraction of sp³-hybridized carbons (Fsp3) is 0.263. The van der Waals surface area contributed by atoms with Crippen molar-refractivity contribution in [1.29, 1.82) is 0 Å². The Labute approximate surface area is 172 Å². The lowest BCUT2D eigenvalue weighted by atomic mass is 10.1. The minimum absolute atomic E-state index is 0.00861. The van der Waals surface area contributed by atoms with Gasteiger partial charge in [0.15, 0.2) is 0 Å². The molecule has 0 spiro atoms. The van der Waals surface area contributed by atoms with Gasteiger partial charge >= 0.3 is 5.97 Å². The Hall–Kier alpha value is -2.53. The Kier molecular flexibility index (Phi) is 6.48. The van der Waals surface area contributed by atoms with Gasteiger partial charge in [-0.1, -0.05) is 12.1 Å². The molecule has 154 valence electrons. The predicted octanol–water partition coefficient (Wildman–Crippen LogP) is 2.35. The van der Waals surface area contributed by atoms with Crippen molar-refractivity contribution in [3.8, 4) is 0 Å². The van der Waals surface area contributed by atoms with Gasteiger partial charge in [0.25, 0.3) is 10.0 Å². The average Bonchev–Trinajstić information content (AvgIpc) is 3.18. The van der Waals surface area contributed by atoms with E-state index in [1.54, 1.807) is 24.3 Å². The summed E-state index contributed by atoms with van der Waals surface area (Å²) in [5.41, 5.74) is 1.20. The predicted molar refractivity (Wildman–Crippen MR) is 110 cm³/mol. The second-order valence-electron chi connectivity index (χ2n) is 6.30. The lowest BCUT2D eigenvalue weighted by Crippen LogP contribution is -2.40. The number of amides is 1. The first kappa shape index (κ1) is 21.2. The number of hydrogen-bond donors (Lipinski definition) is 2. The first-order valence-corrected chi connectivity index (χ1v) is 11.0. The van der Waals surface area contributed by atoms with E-state index in [2.05, 4.69) is 5.32 Å². The molecule has 2 aromatic rings. The van der Waals surface area contributed by atoms with Crippen LogP contribution in [-0.4, -0.2) is 56.0 Å². The second-order valence-corrected chi connectivity index (χ2v) is 9.55. The van der Waals surface area contributed by atoms with Crippen LogP contribution in [0.1, 0.15) is 17.4 Å². The summed E-state index contributed by atoms with van der Waals surface area (Å²) in [5.74, 6) is -1.36. The van der Waals surface area contributed by atoms with Gasteiger partial charge < -0.3 is 15.2 Å². The summed E-state index contributed by atoms with van der Waals surface area (Å²) in [5, 5.41) is 12.3. The topological polar surface area (TPSA) is 113 Å². The van der Waals surface area contributed by atoms with E-state index in [4.69, 9.17) is 4.74 Å². The maximum atomic E-state index is 12.8. The van der Waals surface area contributed by atoms with Gasteiger partial charge in [-0.3, -0.25) is 4.79 Å². The number of benzene rings is 1. The lowest BCUT2D eigenvalue weighted by molar-refractivity contribution is -0.130. The monoisotopic (exact) mass is 436 g/mol. The molecule has 0 saturated carbocycles. The number of nitrogens with zero attached hydrogens (tertiary/aromatic N) is 1. The molecule has 3 rings (SSSR count). The molecule has 2 heterocycles. The normalized spacial score (nSPS) is 15.8. The molecule has 0 unspecified atom stereocenters.